The van der Waals surface area contributed by atoms with Crippen molar-refractivity contribution in [3.05, 3.63) is 156 Å². The molecule has 0 aliphatic carbocycles. The van der Waals surface area contributed by atoms with E-state index in [9.17, 15) is 0 Å². The van der Waals surface area contributed by atoms with Gasteiger partial charge >= 0.3 is 0 Å². The van der Waals surface area contributed by atoms with Crippen molar-refractivity contribution in [1.29, 1.82) is 0 Å². The van der Waals surface area contributed by atoms with Gasteiger partial charge in [0.05, 0.1) is 24.6 Å². The van der Waals surface area contributed by atoms with Gasteiger partial charge in [0.1, 0.15) is 11.5 Å². The number of benzene rings is 7. The van der Waals surface area contributed by atoms with Crippen LogP contribution in [0.4, 0.5) is 34.1 Å². The van der Waals surface area contributed by atoms with Gasteiger partial charge < -0.3 is 19.3 Å². The lowest BCUT2D eigenvalue weighted by atomic mass is 9.94. The summed E-state index contributed by atoms with van der Waals surface area (Å²) in [5.41, 5.74) is 10.3. The van der Waals surface area contributed by atoms with Crippen molar-refractivity contribution in [3.8, 4) is 11.5 Å². The zero-order valence-electron chi connectivity index (χ0n) is 31.7. The van der Waals surface area contributed by atoms with Gasteiger partial charge in [-0.05, 0) is 112 Å². The van der Waals surface area contributed by atoms with Crippen LogP contribution in [0.3, 0.4) is 0 Å². The molecule has 0 radical (unpaired) electrons. The molecule has 0 N–H and O–H groups in total. The Morgan fingerprint density at radius 2 is 0.755 bits per heavy atom. The molecule has 0 saturated heterocycles. The Hall–Kier alpha value is -5.74. The van der Waals surface area contributed by atoms with Crippen molar-refractivity contribution < 1.29 is 9.47 Å². The van der Waals surface area contributed by atoms with Crippen LogP contribution in [0.2, 0.25) is 0 Å². The number of fused-ring (bicyclic) bond motifs is 2. The van der Waals surface area contributed by atoms with E-state index in [1.807, 2.05) is 0 Å². The standard InChI is InChI=1S/C49H50N2O2/c1-6-8-32-52-42-27-23-40(24-28-42)50(38-19-14-35(3)15-20-38)48-44-12-10-11-13-45(44)49(47-34-37(5)18-31-46(47)48)51(39-21-16-36(4)17-22-39)41-25-29-43(30-26-41)53-33-9-7-2/h10-31,34H,6-9,32-33H2,1-5H3. The Balaban J connectivity index is 1.49. The highest BCUT2D eigenvalue weighted by molar-refractivity contribution is 6.23. The van der Waals surface area contributed by atoms with Gasteiger partial charge in [0.25, 0.3) is 0 Å². The van der Waals surface area contributed by atoms with Gasteiger partial charge in [-0.25, -0.2) is 0 Å². The number of hydrogen-bond acceptors (Lipinski definition) is 4. The van der Waals surface area contributed by atoms with E-state index in [1.54, 1.807) is 0 Å². The summed E-state index contributed by atoms with van der Waals surface area (Å²) in [7, 11) is 0. The summed E-state index contributed by atoms with van der Waals surface area (Å²) < 4.78 is 12.2. The third kappa shape index (κ3) is 7.73. The molecular formula is C49H50N2O2. The average Bonchev–Trinajstić information content (AvgIpc) is 3.18. The van der Waals surface area contributed by atoms with Gasteiger partial charge in [0.15, 0.2) is 0 Å². The smallest absolute Gasteiger partial charge is 0.119 e. The predicted molar refractivity (Wildman–Crippen MR) is 226 cm³/mol. The monoisotopic (exact) mass is 698 g/mol. The highest BCUT2D eigenvalue weighted by Gasteiger charge is 2.25. The molecule has 0 aliphatic heterocycles. The number of aryl methyl sites for hydroxylation is 3. The molecule has 0 aliphatic rings. The van der Waals surface area contributed by atoms with E-state index in [4.69, 9.17) is 9.47 Å². The zero-order valence-corrected chi connectivity index (χ0v) is 31.7. The molecule has 0 bridgehead atoms. The molecule has 0 fully saturated rings. The molecule has 7 aromatic rings. The van der Waals surface area contributed by atoms with E-state index in [1.165, 1.54) is 38.2 Å². The molecule has 0 saturated carbocycles. The second-order valence-corrected chi connectivity index (χ2v) is 14.0. The van der Waals surface area contributed by atoms with Crippen molar-refractivity contribution in [2.45, 2.75) is 60.3 Å². The number of nitrogens with zero attached hydrogens (tertiary/aromatic N) is 2. The molecule has 53 heavy (non-hydrogen) atoms. The maximum Gasteiger partial charge on any atom is 0.119 e. The highest BCUT2D eigenvalue weighted by Crippen LogP contribution is 2.51. The van der Waals surface area contributed by atoms with Crippen molar-refractivity contribution in [2.24, 2.45) is 0 Å². The van der Waals surface area contributed by atoms with Crippen LogP contribution in [0.5, 0.6) is 11.5 Å². The van der Waals surface area contributed by atoms with Crippen molar-refractivity contribution >= 4 is 55.7 Å². The molecule has 0 unspecified atom stereocenters. The average molecular weight is 699 g/mol. The lowest BCUT2D eigenvalue weighted by Crippen LogP contribution is -2.15. The van der Waals surface area contributed by atoms with Crippen LogP contribution in [0, 0.1) is 20.8 Å². The highest BCUT2D eigenvalue weighted by atomic mass is 16.5. The minimum absolute atomic E-state index is 0.722. The summed E-state index contributed by atoms with van der Waals surface area (Å²) in [5.74, 6) is 1.78. The molecule has 0 heterocycles. The summed E-state index contributed by atoms with van der Waals surface area (Å²) >= 11 is 0. The van der Waals surface area contributed by atoms with Gasteiger partial charge in [0.2, 0.25) is 0 Å². The van der Waals surface area contributed by atoms with Crippen molar-refractivity contribution in [1.82, 2.24) is 0 Å². The van der Waals surface area contributed by atoms with Crippen LogP contribution < -0.4 is 19.3 Å². The molecule has 0 spiro atoms. The number of ether oxygens (including phenoxy) is 2. The summed E-state index contributed by atoms with van der Waals surface area (Å²) in [4.78, 5) is 4.83. The Bertz CT molecular complexity index is 2280. The van der Waals surface area contributed by atoms with Gasteiger partial charge in [-0.15, -0.1) is 0 Å². The molecule has 268 valence electrons. The second kappa shape index (κ2) is 16.3. The molecule has 4 nitrogen and oxygen atoms in total. The minimum atomic E-state index is 0.722. The third-order valence-electron chi connectivity index (χ3n) is 9.88. The topological polar surface area (TPSA) is 24.9 Å². The predicted octanol–water partition coefficient (Wildman–Crippen LogP) is 14.2. The van der Waals surface area contributed by atoms with E-state index in [0.29, 0.717) is 0 Å². The minimum Gasteiger partial charge on any atom is -0.494 e. The fourth-order valence-corrected chi connectivity index (χ4v) is 6.98. The Labute approximate surface area is 315 Å². The lowest BCUT2D eigenvalue weighted by Gasteiger charge is -2.33. The van der Waals surface area contributed by atoms with Crippen LogP contribution in [0.15, 0.2) is 140 Å². The fraction of sp³-hybridized carbons (Fsp3) is 0.224. The molecule has 7 aromatic carbocycles. The summed E-state index contributed by atoms with van der Waals surface area (Å²) in [6.45, 7) is 12.3. The van der Waals surface area contributed by atoms with Crippen molar-refractivity contribution in [2.75, 3.05) is 23.0 Å². The van der Waals surface area contributed by atoms with Crippen LogP contribution in [0.1, 0.15) is 56.2 Å². The van der Waals surface area contributed by atoms with E-state index in [-0.39, 0.29) is 0 Å². The molecular weight excluding hydrogens is 649 g/mol. The maximum absolute atomic E-state index is 6.10. The molecule has 7 rings (SSSR count). The maximum atomic E-state index is 6.10. The number of hydrogen-bond donors (Lipinski definition) is 0. The van der Waals surface area contributed by atoms with Crippen LogP contribution >= 0.6 is 0 Å². The van der Waals surface area contributed by atoms with Crippen LogP contribution in [-0.2, 0) is 0 Å². The Morgan fingerprint density at radius 3 is 1.17 bits per heavy atom. The number of unbranched alkanes of at least 4 members (excludes halogenated alkanes) is 2. The van der Waals surface area contributed by atoms with E-state index >= 15 is 0 Å². The van der Waals surface area contributed by atoms with Gasteiger partial charge in [-0.3, -0.25) is 0 Å². The lowest BCUT2D eigenvalue weighted by molar-refractivity contribution is 0.309. The summed E-state index contributed by atoms with van der Waals surface area (Å²) in [5, 5.41) is 4.68. The zero-order chi connectivity index (χ0) is 36.7. The van der Waals surface area contributed by atoms with E-state index in [0.717, 1.165) is 84.5 Å². The Kier molecular flexibility index (Phi) is 11.0. The first-order valence-electron chi connectivity index (χ1n) is 19.1. The first-order valence-corrected chi connectivity index (χ1v) is 19.1. The summed E-state index contributed by atoms with van der Waals surface area (Å²) in [6.07, 6.45) is 4.29. The van der Waals surface area contributed by atoms with E-state index in [2.05, 4.69) is 184 Å². The van der Waals surface area contributed by atoms with Gasteiger partial charge in [0, 0.05) is 44.3 Å². The van der Waals surface area contributed by atoms with Gasteiger partial charge in [-0.2, -0.15) is 0 Å². The quantitative estimate of drug-likeness (QED) is 0.0641. The SMILES string of the molecule is CCCCOc1ccc(N(c2ccc(C)cc2)c2c3ccccc3c(N(c3ccc(C)cc3)c3ccc(OCCCC)cc3)c3cc(C)ccc23)cc1. The first-order chi connectivity index (χ1) is 25.9. The van der Waals surface area contributed by atoms with Gasteiger partial charge in [-0.1, -0.05) is 104 Å². The number of anilines is 6. The summed E-state index contributed by atoms with van der Waals surface area (Å²) in [6, 6.07) is 50.6. The van der Waals surface area contributed by atoms with Crippen LogP contribution in [-0.4, -0.2) is 13.2 Å². The molecule has 0 amide bonds. The molecule has 0 aromatic heterocycles. The number of rotatable bonds is 14. The Morgan fingerprint density at radius 1 is 0.396 bits per heavy atom. The fourth-order valence-electron chi connectivity index (χ4n) is 6.98. The first kappa shape index (κ1) is 35.7. The van der Waals surface area contributed by atoms with Crippen molar-refractivity contribution in [3.63, 3.8) is 0 Å². The third-order valence-corrected chi connectivity index (χ3v) is 9.88. The normalized spacial score (nSPS) is 11.2. The van der Waals surface area contributed by atoms with Crippen LogP contribution in [0.25, 0.3) is 21.5 Å². The largest absolute Gasteiger partial charge is 0.494 e. The second-order valence-electron chi connectivity index (χ2n) is 14.0. The molecule has 0 atom stereocenters. The van der Waals surface area contributed by atoms with E-state index < -0.39 is 0 Å². The molecule has 4 heteroatoms.